The van der Waals surface area contributed by atoms with Crippen LogP contribution in [-0.2, 0) is 11.3 Å². The molecule has 116 valence electrons. The lowest BCUT2D eigenvalue weighted by Crippen LogP contribution is -2.49. The highest BCUT2D eigenvalue weighted by Gasteiger charge is 2.25. The zero-order valence-electron chi connectivity index (χ0n) is 13.6. The lowest BCUT2D eigenvalue weighted by Gasteiger charge is -2.35. The van der Waals surface area contributed by atoms with Crippen LogP contribution in [0, 0.1) is 6.92 Å². The van der Waals surface area contributed by atoms with E-state index in [4.69, 9.17) is 4.74 Å². The molecule has 21 heavy (non-hydrogen) atoms. The Morgan fingerprint density at radius 3 is 2.33 bits per heavy atom. The highest BCUT2D eigenvalue weighted by atomic mass is 16.6. The predicted octanol–water partition coefficient (Wildman–Crippen LogP) is 3.05. The highest BCUT2D eigenvalue weighted by Crippen LogP contribution is 2.15. The van der Waals surface area contributed by atoms with E-state index in [9.17, 15) is 4.79 Å². The van der Waals surface area contributed by atoms with Gasteiger partial charge in [0.05, 0.1) is 0 Å². The normalized spacial score (nSPS) is 16.9. The largest absolute Gasteiger partial charge is 0.444 e. The fourth-order valence-corrected chi connectivity index (χ4v) is 2.44. The van der Waals surface area contributed by atoms with E-state index in [2.05, 4.69) is 36.1 Å². The van der Waals surface area contributed by atoms with Gasteiger partial charge in [-0.05, 0) is 38.8 Å². The minimum atomic E-state index is -0.421. The van der Waals surface area contributed by atoms with Crippen LogP contribution in [-0.4, -0.2) is 47.7 Å². The van der Waals surface area contributed by atoms with Gasteiger partial charge < -0.3 is 9.64 Å². The predicted molar refractivity (Wildman–Crippen MR) is 84.3 cm³/mol. The van der Waals surface area contributed by atoms with Crippen molar-refractivity contribution in [1.29, 1.82) is 0 Å². The van der Waals surface area contributed by atoms with Crippen LogP contribution in [0.5, 0.6) is 0 Å². The summed E-state index contributed by atoms with van der Waals surface area (Å²) < 4.78 is 5.42. The molecule has 0 aromatic heterocycles. The van der Waals surface area contributed by atoms with Crippen LogP contribution < -0.4 is 0 Å². The van der Waals surface area contributed by atoms with Gasteiger partial charge in [-0.1, -0.05) is 24.3 Å². The quantitative estimate of drug-likeness (QED) is 0.839. The average Bonchev–Trinajstić information content (AvgIpc) is 2.40. The van der Waals surface area contributed by atoms with Crippen molar-refractivity contribution in [3.63, 3.8) is 0 Å². The van der Waals surface area contributed by atoms with Gasteiger partial charge >= 0.3 is 6.09 Å². The lowest BCUT2D eigenvalue weighted by molar-refractivity contribution is 0.0139. The Hall–Kier alpha value is -1.55. The first kappa shape index (κ1) is 15.8. The van der Waals surface area contributed by atoms with E-state index in [1.54, 1.807) is 4.90 Å². The van der Waals surface area contributed by atoms with E-state index in [1.165, 1.54) is 11.1 Å². The van der Waals surface area contributed by atoms with Crippen molar-refractivity contribution in [2.24, 2.45) is 0 Å². The molecule has 0 N–H and O–H groups in total. The fraction of sp³-hybridized carbons (Fsp3) is 0.588. The molecule has 0 spiro atoms. The maximum Gasteiger partial charge on any atom is 0.410 e. The number of piperazine rings is 1. The number of hydrogen-bond donors (Lipinski definition) is 0. The number of aryl methyl sites for hydroxylation is 1. The number of nitrogens with zero attached hydrogens (tertiary/aromatic N) is 2. The molecule has 1 aliphatic heterocycles. The van der Waals surface area contributed by atoms with Crippen LogP contribution in [0.4, 0.5) is 4.79 Å². The second kappa shape index (κ2) is 6.48. The molecule has 0 saturated carbocycles. The van der Waals surface area contributed by atoms with Crippen LogP contribution in [0.25, 0.3) is 0 Å². The van der Waals surface area contributed by atoms with Crippen molar-refractivity contribution in [3.05, 3.63) is 35.4 Å². The van der Waals surface area contributed by atoms with E-state index < -0.39 is 5.60 Å². The highest BCUT2D eigenvalue weighted by molar-refractivity contribution is 5.68. The molecule has 0 aliphatic carbocycles. The van der Waals surface area contributed by atoms with Crippen LogP contribution >= 0.6 is 0 Å². The van der Waals surface area contributed by atoms with Crippen molar-refractivity contribution in [1.82, 2.24) is 9.80 Å². The van der Waals surface area contributed by atoms with Crippen LogP contribution in [0.15, 0.2) is 24.3 Å². The number of ether oxygens (including phenoxy) is 1. The zero-order valence-corrected chi connectivity index (χ0v) is 13.6. The molecular formula is C17H26N2O2. The number of benzene rings is 1. The van der Waals surface area contributed by atoms with Gasteiger partial charge in [-0.15, -0.1) is 0 Å². The minimum absolute atomic E-state index is 0.196. The summed E-state index contributed by atoms with van der Waals surface area (Å²) in [5, 5.41) is 0. The molecule has 1 saturated heterocycles. The molecule has 2 rings (SSSR count). The molecular weight excluding hydrogens is 264 g/mol. The fourth-order valence-electron chi connectivity index (χ4n) is 2.44. The summed E-state index contributed by atoms with van der Waals surface area (Å²) in [6.45, 7) is 12.1. The van der Waals surface area contributed by atoms with Crippen LogP contribution in [0.2, 0.25) is 0 Å². The number of hydrogen-bond acceptors (Lipinski definition) is 3. The first-order valence-electron chi connectivity index (χ1n) is 7.60. The minimum Gasteiger partial charge on any atom is -0.444 e. The van der Waals surface area contributed by atoms with E-state index in [0.717, 1.165) is 32.7 Å². The molecule has 0 unspecified atom stereocenters. The first-order valence-corrected chi connectivity index (χ1v) is 7.60. The zero-order chi connectivity index (χ0) is 15.5. The summed E-state index contributed by atoms with van der Waals surface area (Å²) >= 11 is 0. The second-order valence-electron chi connectivity index (χ2n) is 6.67. The Balaban J connectivity index is 1.83. The molecule has 4 heteroatoms. The summed E-state index contributed by atoms with van der Waals surface area (Å²) in [5.41, 5.74) is 2.27. The van der Waals surface area contributed by atoms with Crippen LogP contribution in [0.3, 0.4) is 0 Å². The molecule has 1 aliphatic rings. The third-order valence-corrected chi connectivity index (χ3v) is 3.68. The Morgan fingerprint density at radius 1 is 1.14 bits per heavy atom. The maximum absolute atomic E-state index is 12.0. The number of amides is 1. The molecule has 0 bridgehead atoms. The third-order valence-electron chi connectivity index (χ3n) is 3.68. The van der Waals surface area contributed by atoms with Crippen molar-refractivity contribution >= 4 is 6.09 Å². The monoisotopic (exact) mass is 290 g/mol. The van der Waals surface area contributed by atoms with Crippen LogP contribution in [0.1, 0.15) is 31.9 Å². The number of carbonyl (C=O) groups is 1. The van der Waals surface area contributed by atoms with E-state index >= 15 is 0 Å². The van der Waals surface area contributed by atoms with Gasteiger partial charge in [-0.3, -0.25) is 4.90 Å². The third kappa shape index (κ3) is 4.74. The summed E-state index contributed by atoms with van der Waals surface area (Å²) in [6, 6.07) is 8.47. The number of rotatable bonds is 2. The van der Waals surface area contributed by atoms with Gasteiger partial charge in [-0.25, -0.2) is 4.79 Å². The van der Waals surface area contributed by atoms with Crippen molar-refractivity contribution in [2.45, 2.75) is 39.8 Å². The van der Waals surface area contributed by atoms with E-state index in [-0.39, 0.29) is 6.09 Å². The van der Waals surface area contributed by atoms with Gasteiger partial charge in [0, 0.05) is 32.7 Å². The van der Waals surface area contributed by atoms with Gasteiger partial charge in [0.1, 0.15) is 5.60 Å². The summed E-state index contributed by atoms with van der Waals surface area (Å²) in [6.07, 6.45) is -0.196. The molecule has 4 nitrogen and oxygen atoms in total. The van der Waals surface area contributed by atoms with E-state index in [0.29, 0.717) is 0 Å². The van der Waals surface area contributed by atoms with Crippen molar-refractivity contribution in [3.8, 4) is 0 Å². The summed E-state index contributed by atoms with van der Waals surface area (Å²) in [7, 11) is 0. The Bertz CT molecular complexity index is 486. The molecule has 1 aromatic rings. The van der Waals surface area contributed by atoms with E-state index in [1.807, 2.05) is 20.8 Å². The second-order valence-corrected chi connectivity index (χ2v) is 6.67. The maximum atomic E-state index is 12.0. The van der Waals surface area contributed by atoms with Crippen molar-refractivity contribution < 1.29 is 9.53 Å². The average molecular weight is 290 g/mol. The Morgan fingerprint density at radius 2 is 1.76 bits per heavy atom. The summed E-state index contributed by atoms with van der Waals surface area (Å²) in [5.74, 6) is 0. The van der Waals surface area contributed by atoms with Gasteiger partial charge in [0.25, 0.3) is 0 Å². The summed E-state index contributed by atoms with van der Waals surface area (Å²) in [4.78, 5) is 16.2. The first-order chi connectivity index (χ1) is 9.85. The SMILES string of the molecule is Cc1ccccc1CN1CCN(C(=O)OC(C)(C)C)CC1. The Labute approximate surface area is 127 Å². The number of carbonyl (C=O) groups excluding carboxylic acids is 1. The smallest absolute Gasteiger partial charge is 0.410 e. The van der Waals surface area contributed by atoms with Gasteiger partial charge in [0.2, 0.25) is 0 Å². The lowest BCUT2D eigenvalue weighted by atomic mass is 10.1. The van der Waals surface area contributed by atoms with Gasteiger partial charge in [0.15, 0.2) is 0 Å². The molecule has 1 aromatic carbocycles. The van der Waals surface area contributed by atoms with Crippen molar-refractivity contribution in [2.75, 3.05) is 26.2 Å². The molecule has 1 fully saturated rings. The molecule has 1 amide bonds. The Kier molecular flexibility index (Phi) is 4.88. The molecule has 0 radical (unpaired) electrons. The van der Waals surface area contributed by atoms with Gasteiger partial charge in [-0.2, -0.15) is 0 Å². The molecule has 1 heterocycles. The topological polar surface area (TPSA) is 32.8 Å². The molecule has 0 atom stereocenters. The standard InChI is InChI=1S/C17H26N2O2/c1-14-7-5-6-8-15(14)13-18-9-11-19(12-10-18)16(20)21-17(2,3)4/h5-8H,9-13H2,1-4H3.